The maximum absolute atomic E-state index is 2.44. The Labute approximate surface area is 606 Å². The third kappa shape index (κ3) is 6.71. The molecule has 0 amide bonds. The summed E-state index contributed by atoms with van der Waals surface area (Å²) in [4.78, 5) is 0. The second-order valence-electron chi connectivity index (χ2n) is 30.6. The predicted octanol–water partition coefficient (Wildman–Crippen LogP) is 30.2. The molecule has 0 spiro atoms. The van der Waals surface area contributed by atoms with E-state index in [1.807, 2.05) is 0 Å². The molecule has 478 valence electrons. The van der Waals surface area contributed by atoms with Gasteiger partial charge in [0, 0.05) is 0 Å². The van der Waals surface area contributed by atoms with Gasteiger partial charge < -0.3 is 0 Å². The normalized spacial score (nSPS) is 12.9. The highest BCUT2D eigenvalue weighted by Crippen LogP contribution is 2.60. The summed E-state index contributed by atoms with van der Waals surface area (Å²) in [5.74, 6) is 0. The molecule has 0 aromatic heterocycles. The van der Waals surface area contributed by atoms with E-state index in [1.165, 1.54) is 283 Å². The van der Waals surface area contributed by atoms with Crippen LogP contribution in [0.3, 0.4) is 0 Å². The van der Waals surface area contributed by atoms with E-state index in [-0.39, 0.29) is 0 Å². The van der Waals surface area contributed by atoms with Crippen LogP contribution >= 0.6 is 0 Å². The van der Waals surface area contributed by atoms with E-state index in [4.69, 9.17) is 0 Å². The van der Waals surface area contributed by atoms with E-state index >= 15 is 0 Å². The molecule has 4 aliphatic carbocycles. The molecule has 0 heteroatoms. The Kier molecular flexibility index (Phi) is 9.99. The van der Waals surface area contributed by atoms with Crippen LogP contribution in [-0.4, -0.2) is 0 Å². The molecule has 0 radical (unpaired) electrons. The minimum Gasteiger partial charge on any atom is -0.0616 e. The van der Waals surface area contributed by atoms with Crippen molar-refractivity contribution in [1.29, 1.82) is 0 Å². The summed E-state index contributed by atoms with van der Waals surface area (Å²) < 4.78 is 0. The van der Waals surface area contributed by atoms with Crippen LogP contribution in [0.2, 0.25) is 0 Å². The number of fused-ring (bicyclic) bond motifs is 27. The third-order valence-corrected chi connectivity index (χ3v) is 25.8. The fourth-order valence-corrected chi connectivity index (χ4v) is 21.5. The van der Waals surface area contributed by atoms with Crippen molar-refractivity contribution in [1.82, 2.24) is 0 Å². The van der Waals surface area contributed by atoms with Gasteiger partial charge >= 0.3 is 0 Å². The van der Waals surface area contributed by atoms with Crippen molar-refractivity contribution < 1.29 is 0 Å². The van der Waals surface area contributed by atoms with Crippen molar-refractivity contribution in [2.24, 2.45) is 0 Å². The van der Waals surface area contributed by atoms with Crippen LogP contribution in [0, 0.1) is 0 Å². The van der Waals surface area contributed by atoms with Gasteiger partial charge in [0.1, 0.15) is 0 Å². The molecule has 0 saturated heterocycles. The second-order valence-corrected chi connectivity index (χ2v) is 30.6. The highest BCUT2D eigenvalue weighted by Gasteiger charge is 2.32. The number of rotatable bonds is 0. The Morgan fingerprint density at radius 1 is 0.0849 bits per heavy atom. The van der Waals surface area contributed by atoms with Crippen molar-refractivity contribution in [3.63, 3.8) is 0 Å². The molecule has 106 heavy (non-hydrogen) atoms. The first kappa shape index (κ1) is 54.9. The summed E-state index contributed by atoms with van der Waals surface area (Å²) in [7, 11) is 0. The van der Waals surface area contributed by atoms with Gasteiger partial charge in [0.05, 0.1) is 0 Å². The Morgan fingerprint density at radius 3 is 0.670 bits per heavy atom. The zero-order valence-corrected chi connectivity index (χ0v) is 57.2. The van der Waals surface area contributed by atoms with Gasteiger partial charge in [-0.1, -0.05) is 273 Å². The molecule has 0 atom stereocenters. The fraction of sp³-hybridized carbons (Fsp3) is 0. The van der Waals surface area contributed by atoms with Gasteiger partial charge in [-0.2, -0.15) is 0 Å². The molecule has 0 N–H and O–H groups in total. The first-order chi connectivity index (χ1) is 52.6. The average Bonchev–Trinajstić information content (AvgIpc) is 1.45. The Balaban J connectivity index is 0.0000000890. The second kappa shape index (κ2) is 19.3. The Hall–Kier alpha value is -13.8. The zero-order valence-electron chi connectivity index (χ0n) is 57.2. The van der Waals surface area contributed by atoms with Crippen LogP contribution < -0.4 is 0 Å². The van der Waals surface area contributed by atoms with Crippen LogP contribution in [-0.2, 0) is 0 Å². The maximum Gasteiger partial charge on any atom is -0.00139 e. The molecule has 0 bridgehead atoms. The lowest BCUT2D eigenvalue weighted by Gasteiger charge is -2.16. The molecular weight excluding hydrogens is 1270 g/mol. The number of benzene rings is 23. The molecule has 0 aliphatic heterocycles. The van der Waals surface area contributed by atoms with Gasteiger partial charge in [-0.25, -0.2) is 0 Å². The first-order valence-corrected chi connectivity index (χ1v) is 37.4. The van der Waals surface area contributed by atoms with E-state index in [0.29, 0.717) is 0 Å². The molecule has 25 aromatic carbocycles. The molecule has 0 nitrogen and oxygen atoms in total. The zero-order chi connectivity index (χ0) is 68.2. The molecule has 4 aliphatic rings. The largest absolute Gasteiger partial charge is 0.0616 e. The van der Waals surface area contributed by atoms with Gasteiger partial charge in [-0.05, 0) is 338 Å². The summed E-state index contributed by atoms with van der Waals surface area (Å²) in [5, 5.41) is 49.2. The number of hydrogen-bond donors (Lipinski definition) is 0. The molecule has 29 rings (SSSR count). The first-order valence-electron chi connectivity index (χ1n) is 37.4. The summed E-state index contributed by atoms with van der Waals surface area (Å²) >= 11 is 0. The summed E-state index contributed by atoms with van der Waals surface area (Å²) in [6, 6.07) is 124. The fourth-order valence-electron chi connectivity index (χ4n) is 21.5. The standard InChI is InChI=1S/C40H20.C36H18.C30H16/c1-2-6-22-18-34-30-14-10-26-28-12-16-32-36-20-24-8-4-3-7-23(24)19-35(36)31-15-11-27(38(28)40(31)32)25-9-13-29(39(30)37(25)26)33(34)17-21(22)5-1;1-2-6-20-18-32-30-16-14-28-26-12-10-24-22-8-4-3-7-21(22)23-9-11-25(34(26)33(23)24)27-13-15-29(36(30)35(27)28)31(32)17-19(20)5-1;1-2-9-20-19(8-1)21-12-5-13-22-25-16-27-24-11-4-7-17-6-3-10-23(29(17)24)26(27)14-18(25)15-28(20)30(21)22/h1-20H;1-18H;1-16H. The Morgan fingerprint density at radius 2 is 0.321 bits per heavy atom. The lowest BCUT2D eigenvalue weighted by Crippen LogP contribution is -1.88. The molecular formula is C106H54. The van der Waals surface area contributed by atoms with Crippen LogP contribution in [0.25, 0.3) is 283 Å². The van der Waals surface area contributed by atoms with E-state index in [0.717, 1.165) is 0 Å². The third-order valence-electron chi connectivity index (χ3n) is 25.8. The highest BCUT2D eigenvalue weighted by molar-refractivity contribution is 6.43. The van der Waals surface area contributed by atoms with Crippen molar-refractivity contribution in [3.8, 4) is 89.0 Å². The summed E-state index contributed by atoms with van der Waals surface area (Å²) in [6.07, 6.45) is 0. The average molecular weight is 1330 g/mol. The van der Waals surface area contributed by atoms with E-state index in [1.54, 1.807) is 0 Å². The molecule has 0 unspecified atom stereocenters. The van der Waals surface area contributed by atoms with Crippen molar-refractivity contribution in [2.75, 3.05) is 0 Å². The highest BCUT2D eigenvalue weighted by atomic mass is 14.3. The lowest BCUT2D eigenvalue weighted by molar-refractivity contribution is 1.70. The maximum atomic E-state index is 2.44. The quantitative estimate of drug-likeness (QED) is 0.105. The smallest absolute Gasteiger partial charge is 0.00139 e. The Bertz CT molecular complexity index is 7910. The van der Waals surface area contributed by atoms with E-state index in [9.17, 15) is 0 Å². The van der Waals surface area contributed by atoms with Gasteiger partial charge in [-0.15, -0.1) is 0 Å². The monoisotopic (exact) mass is 1330 g/mol. The number of hydrogen-bond acceptors (Lipinski definition) is 0. The van der Waals surface area contributed by atoms with Gasteiger partial charge in [0.15, 0.2) is 0 Å². The van der Waals surface area contributed by atoms with Crippen LogP contribution in [0.4, 0.5) is 0 Å². The van der Waals surface area contributed by atoms with E-state index < -0.39 is 0 Å². The molecule has 0 fully saturated rings. The predicted molar refractivity (Wildman–Crippen MR) is 457 cm³/mol. The van der Waals surface area contributed by atoms with Gasteiger partial charge in [-0.3, -0.25) is 0 Å². The van der Waals surface area contributed by atoms with Gasteiger partial charge in [0.2, 0.25) is 0 Å². The van der Waals surface area contributed by atoms with Crippen LogP contribution in [0.5, 0.6) is 0 Å². The van der Waals surface area contributed by atoms with Crippen molar-refractivity contribution in [2.45, 2.75) is 0 Å². The minimum atomic E-state index is 1.30. The molecule has 0 saturated carbocycles. The van der Waals surface area contributed by atoms with Crippen LogP contribution in [0.15, 0.2) is 328 Å². The summed E-state index contributed by atoms with van der Waals surface area (Å²) in [5.41, 5.74) is 21.8. The van der Waals surface area contributed by atoms with Crippen molar-refractivity contribution in [3.05, 3.63) is 328 Å². The van der Waals surface area contributed by atoms with Gasteiger partial charge in [0.25, 0.3) is 0 Å². The topological polar surface area (TPSA) is 0 Å². The van der Waals surface area contributed by atoms with Crippen LogP contribution in [0.1, 0.15) is 0 Å². The SMILES string of the molecule is c1ccc2c(c1)-c1ccc3c4ccc5c6c(ccc(c7ccc-2c1c37)c64)-c1cc2ccccc2cc1-5.c1ccc2c(c1)c1cccc3c4cc5c(cc4cc2c31)c1cccc2cccc5c21.c1ccc2cc3c(cc2c1)-c1ccc2c4ccc5c6c(ccc(c7ccc-3c1c27)c64)-c1cc2ccccc2cc1-5. The lowest BCUT2D eigenvalue weighted by atomic mass is 9.86. The summed E-state index contributed by atoms with van der Waals surface area (Å²) in [6.45, 7) is 0. The molecule has 0 heterocycles. The van der Waals surface area contributed by atoms with Crippen molar-refractivity contribution >= 4 is 194 Å². The van der Waals surface area contributed by atoms with E-state index in [2.05, 4.69) is 328 Å². The molecule has 25 aromatic rings. The minimum absolute atomic E-state index is 1.30.